The van der Waals surface area contributed by atoms with Crippen LogP contribution >= 0.6 is 0 Å². The first-order chi connectivity index (χ1) is 11.7. The minimum Gasteiger partial charge on any atom is -0.466 e. The molecule has 5 nitrogen and oxygen atoms in total. The van der Waals surface area contributed by atoms with E-state index in [2.05, 4.69) is 20.8 Å². The SMILES string of the molecule is CCOC(=O)C1CCN(C(=O)C(=O)c2ccc(C(C)(C)C)cc2)CC1. The molecule has 1 amide bonds. The number of Topliss-reactive ketones (excluding diaryl/α,β-unsaturated/α-hetero) is 1. The van der Waals surface area contributed by atoms with Crippen LogP contribution in [0.25, 0.3) is 0 Å². The van der Waals surface area contributed by atoms with E-state index in [-0.39, 0.29) is 17.3 Å². The molecule has 0 unspecified atom stereocenters. The van der Waals surface area contributed by atoms with Crippen LogP contribution in [0, 0.1) is 5.92 Å². The fourth-order valence-electron chi connectivity index (χ4n) is 2.97. The molecule has 136 valence electrons. The van der Waals surface area contributed by atoms with Crippen LogP contribution in [-0.4, -0.2) is 42.3 Å². The van der Waals surface area contributed by atoms with Crippen LogP contribution in [0.2, 0.25) is 0 Å². The van der Waals surface area contributed by atoms with E-state index >= 15 is 0 Å². The Bertz CT molecular complexity index is 635. The number of hydrogen-bond donors (Lipinski definition) is 0. The van der Waals surface area contributed by atoms with E-state index < -0.39 is 11.7 Å². The fraction of sp³-hybridized carbons (Fsp3) is 0.550. The number of rotatable bonds is 4. The third kappa shape index (κ3) is 4.68. The maximum atomic E-state index is 12.4. The number of likely N-dealkylation sites (tertiary alicyclic amines) is 1. The van der Waals surface area contributed by atoms with Crippen molar-refractivity contribution in [3.8, 4) is 0 Å². The first-order valence-electron chi connectivity index (χ1n) is 8.84. The Kier molecular flexibility index (Phi) is 5.98. The highest BCUT2D eigenvalue weighted by Crippen LogP contribution is 2.23. The Balaban J connectivity index is 1.97. The lowest BCUT2D eigenvalue weighted by Crippen LogP contribution is -2.43. The van der Waals surface area contributed by atoms with E-state index in [1.54, 1.807) is 19.1 Å². The van der Waals surface area contributed by atoms with Crippen molar-refractivity contribution >= 4 is 17.7 Å². The van der Waals surface area contributed by atoms with Crippen molar-refractivity contribution in [2.75, 3.05) is 19.7 Å². The monoisotopic (exact) mass is 345 g/mol. The number of ketones is 1. The Morgan fingerprint density at radius 1 is 1.08 bits per heavy atom. The summed E-state index contributed by atoms with van der Waals surface area (Å²) >= 11 is 0. The van der Waals surface area contributed by atoms with Crippen LogP contribution in [0.15, 0.2) is 24.3 Å². The van der Waals surface area contributed by atoms with Gasteiger partial charge in [-0.15, -0.1) is 0 Å². The van der Waals surface area contributed by atoms with Crippen LogP contribution < -0.4 is 0 Å². The van der Waals surface area contributed by atoms with Crippen LogP contribution in [0.5, 0.6) is 0 Å². The molecule has 1 aromatic carbocycles. The predicted molar refractivity (Wildman–Crippen MR) is 95.4 cm³/mol. The van der Waals surface area contributed by atoms with Gasteiger partial charge in [-0.25, -0.2) is 0 Å². The first-order valence-corrected chi connectivity index (χ1v) is 8.84. The molecule has 0 spiro atoms. The van der Waals surface area contributed by atoms with E-state index in [1.807, 2.05) is 12.1 Å². The average molecular weight is 345 g/mol. The van der Waals surface area contributed by atoms with E-state index in [1.165, 1.54) is 4.90 Å². The third-order valence-corrected chi connectivity index (χ3v) is 4.61. The zero-order valence-corrected chi connectivity index (χ0v) is 15.5. The van der Waals surface area contributed by atoms with Crippen molar-refractivity contribution in [1.82, 2.24) is 4.90 Å². The lowest BCUT2D eigenvalue weighted by Gasteiger charge is -2.30. The molecule has 0 aliphatic carbocycles. The van der Waals surface area contributed by atoms with Crippen molar-refractivity contribution in [1.29, 1.82) is 0 Å². The van der Waals surface area contributed by atoms with Gasteiger partial charge in [0.15, 0.2) is 0 Å². The lowest BCUT2D eigenvalue weighted by molar-refractivity contribution is -0.150. The fourth-order valence-corrected chi connectivity index (χ4v) is 2.97. The molecule has 1 aromatic rings. The van der Waals surface area contributed by atoms with Gasteiger partial charge in [0.1, 0.15) is 0 Å². The van der Waals surface area contributed by atoms with E-state index in [0.717, 1.165) is 5.56 Å². The van der Waals surface area contributed by atoms with E-state index in [9.17, 15) is 14.4 Å². The van der Waals surface area contributed by atoms with Crippen molar-refractivity contribution in [3.05, 3.63) is 35.4 Å². The van der Waals surface area contributed by atoms with Crippen LogP contribution in [0.3, 0.4) is 0 Å². The van der Waals surface area contributed by atoms with Gasteiger partial charge in [0, 0.05) is 18.7 Å². The Hall–Kier alpha value is -2.17. The van der Waals surface area contributed by atoms with Crippen molar-refractivity contribution in [2.45, 2.75) is 46.0 Å². The quantitative estimate of drug-likeness (QED) is 0.478. The zero-order chi connectivity index (χ0) is 18.6. The molecule has 1 fully saturated rings. The summed E-state index contributed by atoms with van der Waals surface area (Å²) in [6.07, 6.45) is 1.08. The predicted octanol–water partition coefficient (Wildman–Crippen LogP) is 2.97. The van der Waals surface area contributed by atoms with Crippen LogP contribution in [0.1, 0.15) is 56.5 Å². The Morgan fingerprint density at radius 3 is 2.12 bits per heavy atom. The number of hydrogen-bond acceptors (Lipinski definition) is 4. The molecule has 1 heterocycles. The molecule has 25 heavy (non-hydrogen) atoms. The van der Waals surface area contributed by atoms with E-state index in [0.29, 0.717) is 38.1 Å². The summed E-state index contributed by atoms with van der Waals surface area (Å²) in [6.45, 7) is 9.26. The molecule has 0 saturated carbocycles. The molecular formula is C20H27NO4. The average Bonchev–Trinajstić information content (AvgIpc) is 2.60. The van der Waals surface area contributed by atoms with Crippen LogP contribution in [-0.2, 0) is 19.7 Å². The second-order valence-electron chi connectivity index (χ2n) is 7.47. The largest absolute Gasteiger partial charge is 0.466 e. The van der Waals surface area contributed by atoms with Gasteiger partial charge in [-0.3, -0.25) is 14.4 Å². The second kappa shape index (κ2) is 7.81. The third-order valence-electron chi connectivity index (χ3n) is 4.61. The molecule has 0 aromatic heterocycles. The van der Waals surface area contributed by atoms with Gasteiger partial charge in [0.2, 0.25) is 5.78 Å². The molecule has 5 heteroatoms. The highest BCUT2D eigenvalue weighted by molar-refractivity contribution is 6.42. The smallest absolute Gasteiger partial charge is 0.309 e. The molecule has 1 aliphatic rings. The summed E-state index contributed by atoms with van der Waals surface area (Å²) in [5.41, 5.74) is 1.53. The molecular weight excluding hydrogens is 318 g/mol. The molecule has 0 N–H and O–H groups in total. The standard InChI is InChI=1S/C20H27NO4/c1-5-25-19(24)15-10-12-21(13-11-15)18(23)17(22)14-6-8-16(9-7-14)20(2,3)4/h6-9,15H,5,10-13H2,1-4H3. The molecule has 0 atom stereocenters. The van der Waals surface area contributed by atoms with Gasteiger partial charge in [-0.2, -0.15) is 0 Å². The number of esters is 1. The Labute approximate surface area is 149 Å². The van der Waals surface area contributed by atoms with Gasteiger partial charge in [-0.05, 0) is 30.7 Å². The second-order valence-corrected chi connectivity index (χ2v) is 7.47. The summed E-state index contributed by atoms with van der Waals surface area (Å²) in [4.78, 5) is 38.2. The van der Waals surface area contributed by atoms with Gasteiger partial charge < -0.3 is 9.64 Å². The normalized spacial score (nSPS) is 15.8. The summed E-state index contributed by atoms with van der Waals surface area (Å²) in [5.74, 6) is -1.37. The van der Waals surface area contributed by atoms with Gasteiger partial charge in [0.05, 0.1) is 12.5 Å². The van der Waals surface area contributed by atoms with Gasteiger partial charge in [0.25, 0.3) is 5.91 Å². The topological polar surface area (TPSA) is 63.7 Å². The first kappa shape index (κ1) is 19.2. The summed E-state index contributed by atoms with van der Waals surface area (Å²) < 4.78 is 5.02. The number of ether oxygens (including phenoxy) is 1. The minimum atomic E-state index is -0.495. The highest BCUT2D eigenvalue weighted by Gasteiger charge is 2.31. The number of benzene rings is 1. The molecule has 0 radical (unpaired) electrons. The zero-order valence-electron chi connectivity index (χ0n) is 15.5. The molecule has 1 aliphatic heterocycles. The van der Waals surface area contributed by atoms with Crippen molar-refractivity contribution < 1.29 is 19.1 Å². The number of carbonyl (C=O) groups excluding carboxylic acids is 3. The number of amides is 1. The van der Waals surface area contributed by atoms with Crippen LogP contribution in [0.4, 0.5) is 0 Å². The Morgan fingerprint density at radius 2 is 1.64 bits per heavy atom. The van der Waals surface area contributed by atoms with Gasteiger partial charge in [-0.1, -0.05) is 45.0 Å². The molecule has 1 saturated heterocycles. The minimum absolute atomic E-state index is 0.000562. The number of piperidine rings is 1. The van der Waals surface area contributed by atoms with E-state index in [4.69, 9.17) is 4.74 Å². The molecule has 2 rings (SSSR count). The van der Waals surface area contributed by atoms with Crippen molar-refractivity contribution in [3.63, 3.8) is 0 Å². The lowest BCUT2D eigenvalue weighted by atomic mass is 9.86. The maximum Gasteiger partial charge on any atom is 0.309 e. The number of carbonyl (C=O) groups is 3. The van der Waals surface area contributed by atoms with Crippen molar-refractivity contribution in [2.24, 2.45) is 5.92 Å². The number of nitrogens with zero attached hydrogens (tertiary/aromatic N) is 1. The van der Waals surface area contributed by atoms with Gasteiger partial charge >= 0.3 is 5.97 Å². The summed E-state index contributed by atoms with van der Waals surface area (Å²) in [5, 5.41) is 0. The maximum absolute atomic E-state index is 12.4. The highest BCUT2D eigenvalue weighted by atomic mass is 16.5. The summed E-state index contributed by atoms with van der Waals surface area (Å²) in [6, 6.07) is 7.22. The summed E-state index contributed by atoms with van der Waals surface area (Å²) in [7, 11) is 0. The molecule has 0 bridgehead atoms.